The van der Waals surface area contributed by atoms with Gasteiger partial charge in [0.2, 0.25) is 0 Å². The second-order valence-corrected chi connectivity index (χ2v) is 7.27. The lowest BCUT2D eigenvalue weighted by molar-refractivity contribution is 0.116. The van der Waals surface area contributed by atoms with Crippen molar-refractivity contribution >= 4 is 6.21 Å². The Morgan fingerprint density at radius 1 is 1.18 bits per heavy atom. The Labute approximate surface area is 133 Å². The van der Waals surface area contributed by atoms with Crippen LogP contribution in [0.25, 0.3) is 0 Å². The first-order valence-corrected chi connectivity index (χ1v) is 8.67. The van der Waals surface area contributed by atoms with E-state index in [0.717, 1.165) is 25.7 Å². The largest absolute Gasteiger partial charge is 0.379 e. The molecule has 118 valence electrons. The number of aliphatic imine (C=N–C) groups is 1. The maximum atomic E-state index is 5.65. The zero-order valence-corrected chi connectivity index (χ0v) is 13.7. The van der Waals surface area contributed by atoms with Crippen molar-refractivity contribution in [2.75, 3.05) is 26.3 Å². The molecule has 2 atom stereocenters. The molecular formula is C19H26N2O. The molecule has 1 aromatic carbocycles. The third-order valence-electron chi connectivity index (χ3n) is 5.78. The van der Waals surface area contributed by atoms with Crippen molar-refractivity contribution in [2.45, 2.75) is 45.2 Å². The van der Waals surface area contributed by atoms with Crippen molar-refractivity contribution in [1.29, 1.82) is 0 Å². The second-order valence-electron chi connectivity index (χ2n) is 7.27. The van der Waals surface area contributed by atoms with Crippen molar-refractivity contribution < 1.29 is 4.74 Å². The summed E-state index contributed by atoms with van der Waals surface area (Å²) >= 11 is 0. The summed E-state index contributed by atoms with van der Waals surface area (Å²) in [5, 5.41) is 0. The fourth-order valence-corrected chi connectivity index (χ4v) is 4.39. The van der Waals surface area contributed by atoms with Crippen molar-refractivity contribution in [3.8, 4) is 0 Å². The summed E-state index contributed by atoms with van der Waals surface area (Å²) in [6.07, 6.45) is 4.59. The number of rotatable bonds is 2. The van der Waals surface area contributed by atoms with Gasteiger partial charge in [-0.05, 0) is 73.0 Å². The fraction of sp³-hybridized carbons (Fsp3) is 0.632. The van der Waals surface area contributed by atoms with E-state index in [1.165, 1.54) is 42.6 Å². The summed E-state index contributed by atoms with van der Waals surface area (Å²) < 4.78 is 5.65. The molecule has 3 nitrogen and oxygen atoms in total. The first kappa shape index (κ1) is 14.4. The van der Waals surface area contributed by atoms with Gasteiger partial charge in [-0.2, -0.15) is 0 Å². The Morgan fingerprint density at radius 3 is 2.73 bits per heavy atom. The molecule has 0 aliphatic carbocycles. The smallest absolute Gasteiger partial charge is 0.0646 e. The fourth-order valence-electron chi connectivity index (χ4n) is 4.39. The van der Waals surface area contributed by atoms with E-state index in [9.17, 15) is 0 Å². The lowest BCUT2D eigenvalue weighted by atomic mass is 9.84. The summed E-state index contributed by atoms with van der Waals surface area (Å²) in [5.74, 6) is 1.41. The van der Waals surface area contributed by atoms with Crippen LogP contribution in [-0.4, -0.2) is 43.5 Å². The van der Waals surface area contributed by atoms with E-state index < -0.39 is 0 Å². The van der Waals surface area contributed by atoms with Gasteiger partial charge in [-0.25, -0.2) is 0 Å². The van der Waals surface area contributed by atoms with Crippen LogP contribution in [0.15, 0.2) is 17.1 Å². The zero-order valence-electron chi connectivity index (χ0n) is 13.7. The summed E-state index contributed by atoms with van der Waals surface area (Å²) in [6, 6.07) is 5.41. The molecule has 22 heavy (non-hydrogen) atoms. The molecule has 4 rings (SSSR count). The number of benzene rings is 1. The SMILES string of the molecule is Cc1cc2c(cc1C1CCN(C3COCC3C)CC1)CN=C2. The summed E-state index contributed by atoms with van der Waals surface area (Å²) in [5.41, 5.74) is 5.76. The van der Waals surface area contributed by atoms with Crippen LogP contribution in [0.2, 0.25) is 0 Å². The maximum absolute atomic E-state index is 5.65. The third-order valence-corrected chi connectivity index (χ3v) is 5.78. The molecule has 3 aliphatic heterocycles. The van der Waals surface area contributed by atoms with Gasteiger partial charge in [0.25, 0.3) is 0 Å². The summed E-state index contributed by atoms with van der Waals surface area (Å²) in [6.45, 7) is 9.77. The number of piperidine rings is 1. The minimum Gasteiger partial charge on any atom is -0.379 e. The zero-order chi connectivity index (χ0) is 15.1. The highest BCUT2D eigenvalue weighted by Gasteiger charge is 2.33. The van der Waals surface area contributed by atoms with Gasteiger partial charge in [-0.15, -0.1) is 0 Å². The normalized spacial score (nSPS) is 29.2. The number of hydrogen-bond acceptors (Lipinski definition) is 3. The van der Waals surface area contributed by atoms with Crippen LogP contribution in [0, 0.1) is 12.8 Å². The van der Waals surface area contributed by atoms with Crippen LogP contribution in [0.1, 0.15) is 47.9 Å². The van der Waals surface area contributed by atoms with Gasteiger partial charge in [-0.1, -0.05) is 13.0 Å². The van der Waals surface area contributed by atoms with Crippen molar-refractivity contribution in [3.05, 3.63) is 34.4 Å². The van der Waals surface area contributed by atoms with Gasteiger partial charge in [-0.3, -0.25) is 9.89 Å². The first-order valence-electron chi connectivity index (χ1n) is 8.67. The van der Waals surface area contributed by atoms with Crippen LogP contribution in [0.5, 0.6) is 0 Å². The van der Waals surface area contributed by atoms with E-state index in [2.05, 4.69) is 35.9 Å². The Bertz CT molecular complexity index is 587. The molecule has 2 fully saturated rings. The molecule has 3 heteroatoms. The highest BCUT2D eigenvalue weighted by molar-refractivity contribution is 5.85. The molecule has 0 saturated carbocycles. The summed E-state index contributed by atoms with van der Waals surface area (Å²) in [4.78, 5) is 7.07. The highest BCUT2D eigenvalue weighted by Crippen LogP contribution is 2.34. The van der Waals surface area contributed by atoms with Crippen molar-refractivity contribution in [2.24, 2.45) is 10.9 Å². The van der Waals surface area contributed by atoms with Gasteiger partial charge in [0.15, 0.2) is 0 Å². The average molecular weight is 298 g/mol. The Balaban J connectivity index is 1.46. The Kier molecular flexibility index (Phi) is 3.79. The quantitative estimate of drug-likeness (QED) is 0.838. The molecule has 3 aliphatic rings. The van der Waals surface area contributed by atoms with Crippen molar-refractivity contribution in [1.82, 2.24) is 4.90 Å². The van der Waals surface area contributed by atoms with Crippen molar-refractivity contribution in [3.63, 3.8) is 0 Å². The van der Waals surface area contributed by atoms with Gasteiger partial charge in [0, 0.05) is 12.3 Å². The van der Waals surface area contributed by atoms with E-state index in [1.807, 2.05) is 6.21 Å². The maximum Gasteiger partial charge on any atom is 0.0646 e. The minimum absolute atomic E-state index is 0.649. The number of fused-ring (bicyclic) bond motifs is 1. The number of hydrogen-bond donors (Lipinski definition) is 0. The van der Waals surface area contributed by atoms with E-state index in [1.54, 1.807) is 5.56 Å². The molecule has 3 heterocycles. The molecule has 0 aromatic heterocycles. The van der Waals surface area contributed by atoms with Crippen LogP contribution in [-0.2, 0) is 11.3 Å². The van der Waals surface area contributed by atoms with Gasteiger partial charge in [0.1, 0.15) is 0 Å². The molecule has 2 saturated heterocycles. The van der Waals surface area contributed by atoms with Crippen LogP contribution in [0.3, 0.4) is 0 Å². The highest BCUT2D eigenvalue weighted by atomic mass is 16.5. The topological polar surface area (TPSA) is 24.8 Å². The molecule has 0 N–H and O–H groups in total. The number of likely N-dealkylation sites (tertiary alicyclic amines) is 1. The second kappa shape index (κ2) is 5.78. The Morgan fingerprint density at radius 2 is 2.00 bits per heavy atom. The van der Waals surface area contributed by atoms with Crippen LogP contribution >= 0.6 is 0 Å². The standard InChI is InChI=1S/C19H26N2O/c1-13-7-16-9-20-10-17(16)8-18(13)15-3-5-21(6-4-15)19-12-22-11-14(19)2/h7-9,14-15,19H,3-6,10-12H2,1-2H3. The number of nitrogens with zero attached hydrogens (tertiary/aromatic N) is 2. The molecule has 0 radical (unpaired) electrons. The van der Waals surface area contributed by atoms with E-state index in [-0.39, 0.29) is 0 Å². The molecule has 0 spiro atoms. The molecule has 2 unspecified atom stereocenters. The predicted molar refractivity (Wildman–Crippen MR) is 89.8 cm³/mol. The molecule has 0 bridgehead atoms. The monoisotopic (exact) mass is 298 g/mol. The number of aryl methyl sites for hydroxylation is 1. The Hall–Kier alpha value is -1.19. The molecule has 1 aromatic rings. The van der Waals surface area contributed by atoms with Gasteiger partial charge in [0.05, 0.1) is 19.8 Å². The lowest BCUT2D eigenvalue weighted by Gasteiger charge is -2.37. The molecular weight excluding hydrogens is 272 g/mol. The third kappa shape index (κ3) is 2.50. The summed E-state index contributed by atoms with van der Waals surface area (Å²) in [7, 11) is 0. The van der Waals surface area contributed by atoms with Gasteiger partial charge < -0.3 is 4.74 Å². The van der Waals surface area contributed by atoms with E-state index >= 15 is 0 Å². The lowest BCUT2D eigenvalue weighted by Crippen LogP contribution is -2.44. The molecule has 0 amide bonds. The average Bonchev–Trinajstić information content (AvgIpc) is 3.15. The van der Waals surface area contributed by atoms with Crippen LogP contribution < -0.4 is 0 Å². The predicted octanol–water partition coefficient (Wildman–Crippen LogP) is 3.14. The van der Waals surface area contributed by atoms with E-state index in [4.69, 9.17) is 4.74 Å². The van der Waals surface area contributed by atoms with Gasteiger partial charge >= 0.3 is 0 Å². The number of ether oxygens (including phenoxy) is 1. The van der Waals surface area contributed by atoms with Crippen LogP contribution in [0.4, 0.5) is 0 Å². The first-order chi connectivity index (χ1) is 10.7. The minimum atomic E-state index is 0.649. The van der Waals surface area contributed by atoms with E-state index in [0.29, 0.717) is 12.0 Å².